The lowest BCUT2D eigenvalue weighted by Gasteiger charge is -2.04. The second-order valence-corrected chi connectivity index (χ2v) is 6.80. The number of hydrogen-bond donors (Lipinski definition) is 0. The Morgan fingerprint density at radius 2 is 1.71 bits per heavy atom. The first-order chi connectivity index (χ1) is 11.5. The van der Waals surface area contributed by atoms with Crippen molar-refractivity contribution in [2.24, 2.45) is 7.05 Å². The third-order valence-electron chi connectivity index (χ3n) is 3.97. The topological polar surface area (TPSA) is 22.2 Å². The first kappa shape index (κ1) is 15.6. The van der Waals surface area contributed by atoms with E-state index in [9.17, 15) is 0 Å². The number of aromatic nitrogens is 3. The number of hydrogen-bond acceptors (Lipinski definition) is 1. The van der Waals surface area contributed by atoms with E-state index in [-0.39, 0.29) is 0 Å². The molecule has 0 saturated carbocycles. The van der Waals surface area contributed by atoms with Gasteiger partial charge in [-0.2, -0.15) is 0 Å². The van der Waals surface area contributed by atoms with Gasteiger partial charge in [0.15, 0.2) is 0 Å². The van der Waals surface area contributed by atoms with E-state index >= 15 is 0 Å². The first-order valence-corrected chi connectivity index (χ1v) is 8.42. The molecular formula is C18H12Cl3N3. The molecule has 2 heterocycles. The van der Waals surface area contributed by atoms with Crippen molar-refractivity contribution in [3.05, 3.63) is 69.9 Å². The Balaban J connectivity index is 1.82. The average molecular weight is 377 g/mol. The molecule has 2 aromatic heterocycles. The standard InChI is InChI=1S/C18H12Cl3N3/c1-23-17(12-5-6-14(20)15(21)8-12)10-24-9-16(22-18(23)24)11-3-2-4-13(19)7-11/h2-10H,1H3. The van der Waals surface area contributed by atoms with Crippen LogP contribution in [0.4, 0.5) is 0 Å². The molecule has 0 radical (unpaired) electrons. The Morgan fingerprint density at radius 3 is 2.42 bits per heavy atom. The lowest BCUT2D eigenvalue weighted by molar-refractivity contribution is 0.945. The number of rotatable bonds is 2. The maximum atomic E-state index is 6.13. The zero-order chi connectivity index (χ0) is 16.8. The normalized spacial score (nSPS) is 11.3. The summed E-state index contributed by atoms with van der Waals surface area (Å²) in [7, 11) is 1.97. The highest BCUT2D eigenvalue weighted by molar-refractivity contribution is 6.42. The van der Waals surface area contributed by atoms with E-state index in [2.05, 4.69) is 0 Å². The maximum absolute atomic E-state index is 6.13. The van der Waals surface area contributed by atoms with Crippen molar-refractivity contribution in [3.63, 3.8) is 0 Å². The quantitative estimate of drug-likeness (QED) is 0.422. The van der Waals surface area contributed by atoms with Gasteiger partial charge in [0.25, 0.3) is 0 Å². The van der Waals surface area contributed by atoms with Crippen LogP contribution in [0.25, 0.3) is 28.3 Å². The van der Waals surface area contributed by atoms with Crippen LogP contribution >= 0.6 is 34.8 Å². The Morgan fingerprint density at radius 1 is 0.875 bits per heavy atom. The number of halogens is 3. The van der Waals surface area contributed by atoms with Crippen molar-refractivity contribution in [2.45, 2.75) is 0 Å². The number of imidazole rings is 2. The predicted octanol–water partition coefficient (Wildman–Crippen LogP) is 5.97. The summed E-state index contributed by atoms with van der Waals surface area (Å²) >= 11 is 18.2. The molecule has 0 unspecified atom stereocenters. The van der Waals surface area contributed by atoms with Crippen LogP contribution in [0.3, 0.4) is 0 Å². The molecule has 0 N–H and O–H groups in total. The molecule has 0 spiro atoms. The second kappa shape index (κ2) is 5.85. The van der Waals surface area contributed by atoms with E-state index in [1.807, 2.05) is 64.8 Å². The number of nitrogens with zero attached hydrogens (tertiary/aromatic N) is 3. The van der Waals surface area contributed by atoms with Crippen LogP contribution in [-0.4, -0.2) is 14.0 Å². The summed E-state index contributed by atoms with van der Waals surface area (Å²) in [4.78, 5) is 4.72. The molecule has 0 saturated heterocycles. The van der Waals surface area contributed by atoms with Crippen LogP contribution in [0.2, 0.25) is 15.1 Å². The SMILES string of the molecule is Cn1c(-c2ccc(Cl)c(Cl)c2)cn2cc(-c3cccc(Cl)c3)nc12. The van der Waals surface area contributed by atoms with Crippen molar-refractivity contribution in [1.29, 1.82) is 0 Å². The van der Waals surface area contributed by atoms with Crippen LogP contribution in [0.15, 0.2) is 54.9 Å². The number of aryl methyl sites for hydroxylation is 1. The van der Waals surface area contributed by atoms with E-state index in [0.717, 1.165) is 28.3 Å². The highest BCUT2D eigenvalue weighted by atomic mass is 35.5. The second-order valence-electron chi connectivity index (χ2n) is 5.55. The molecule has 0 bridgehead atoms. The average Bonchev–Trinajstić information content (AvgIpc) is 3.10. The summed E-state index contributed by atoms with van der Waals surface area (Å²) in [5.74, 6) is 0.839. The molecule has 4 aromatic rings. The highest BCUT2D eigenvalue weighted by Crippen LogP contribution is 2.30. The van der Waals surface area contributed by atoms with Gasteiger partial charge in [0, 0.05) is 35.6 Å². The summed E-state index contributed by atoms with van der Waals surface area (Å²) < 4.78 is 4.02. The minimum absolute atomic E-state index is 0.535. The van der Waals surface area contributed by atoms with E-state index < -0.39 is 0 Å². The summed E-state index contributed by atoms with van der Waals surface area (Å²) in [6.07, 6.45) is 4.01. The monoisotopic (exact) mass is 375 g/mol. The minimum atomic E-state index is 0.535. The fraction of sp³-hybridized carbons (Fsp3) is 0.0556. The number of benzene rings is 2. The predicted molar refractivity (Wildman–Crippen MR) is 100 cm³/mol. The van der Waals surface area contributed by atoms with Crippen LogP contribution in [0, 0.1) is 0 Å². The van der Waals surface area contributed by atoms with Gasteiger partial charge in [-0.3, -0.25) is 4.40 Å². The van der Waals surface area contributed by atoms with Gasteiger partial charge in [0.1, 0.15) is 0 Å². The zero-order valence-corrected chi connectivity index (χ0v) is 14.9. The van der Waals surface area contributed by atoms with Crippen LogP contribution in [0.1, 0.15) is 0 Å². The van der Waals surface area contributed by atoms with Crippen molar-refractivity contribution >= 4 is 40.6 Å². The Hall–Kier alpha value is -1.94. The van der Waals surface area contributed by atoms with Gasteiger partial charge in [0.05, 0.1) is 21.4 Å². The van der Waals surface area contributed by atoms with Crippen LogP contribution in [0.5, 0.6) is 0 Å². The van der Waals surface area contributed by atoms with Gasteiger partial charge >= 0.3 is 0 Å². The van der Waals surface area contributed by atoms with E-state index in [1.54, 1.807) is 6.07 Å². The van der Waals surface area contributed by atoms with E-state index in [4.69, 9.17) is 39.8 Å². The molecule has 0 aliphatic rings. The molecule has 0 amide bonds. The van der Waals surface area contributed by atoms with E-state index in [0.29, 0.717) is 15.1 Å². The van der Waals surface area contributed by atoms with Gasteiger partial charge < -0.3 is 4.57 Å². The van der Waals surface area contributed by atoms with Crippen LogP contribution in [-0.2, 0) is 7.05 Å². The van der Waals surface area contributed by atoms with Gasteiger partial charge in [-0.1, -0.05) is 53.0 Å². The highest BCUT2D eigenvalue weighted by Gasteiger charge is 2.13. The first-order valence-electron chi connectivity index (χ1n) is 7.29. The lowest BCUT2D eigenvalue weighted by Crippen LogP contribution is -1.92. The molecule has 120 valence electrons. The fourth-order valence-electron chi connectivity index (χ4n) is 2.76. The molecule has 0 fully saturated rings. The Bertz CT molecular complexity index is 1060. The van der Waals surface area contributed by atoms with Crippen molar-refractivity contribution in [1.82, 2.24) is 14.0 Å². The van der Waals surface area contributed by atoms with Gasteiger partial charge in [-0.25, -0.2) is 4.98 Å². The largest absolute Gasteiger partial charge is 0.313 e. The molecule has 0 atom stereocenters. The lowest BCUT2D eigenvalue weighted by atomic mass is 10.1. The van der Waals surface area contributed by atoms with Crippen molar-refractivity contribution in [3.8, 4) is 22.5 Å². The summed E-state index contributed by atoms with van der Waals surface area (Å²) in [6.45, 7) is 0. The molecule has 6 heteroatoms. The van der Waals surface area contributed by atoms with Gasteiger partial charge in [-0.15, -0.1) is 0 Å². The van der Waals surface area contributed by atoms with E-state index in [1.165, 1.54) is 0 Å². The minimum Gasteiger partial charge on any atom is -0.313 e. The molecule has 0 aliphatic heterocycles. The third-order valence-corrected chi connectivity index (χ3v) is 4.95. The smallest absolute Gasteiger partial charge is 0.214 e. The number of fused-ring (bicyclic) bond motifs is 1. The summed E-state index contributed by atoms with van der Waals surface area (Å²) in [6, 6.07) is 13.3. The van der Waals surface area contributed by atoms with Crippen molar-refractivity contribution in [2.75, 3.05) is 0 Å². The molecule has 4 rings (SSSR count). The zero-order valence-electron chi connectivity index (χ0n) is 12.7. The third kappa shape index (κ3) is 2.59. The summed E-state index contributed by atoms with van der Waals surface area (Å²) in [5.41, 5.74) is 3.86. The maximum Gasteiger partial charge on any atom is 0.214 e. The Kier molecular flexibility index (Phi) is 3.80. The van der Waals surface area contributed by atoms with Crippen molar-refractivity contribution < 1.29 is 0 Å². The fourth-order valence-corrected chi connectivity index (χ4v) is 3.25. The Labute approximate surface area is 154 Å². The van der Waals surface area contributed by atoms with Crippen LogP contribution < -0.4 is 0 Å². The molecule has 0 aliphatic carbocycles. The molecule has 3 nitrogen and oxygen atoms in total. The molecule has 24 heavy (non-hydrogen) atoms. The summed E-state index contributed by atoms with van der Waals surface area (Å²) in [5, 5.41) is 1.77. The van der Waals surface area contributed by atoms with Gasteiger partial charge in [0.2, 0.25) is 5.78 Å². The molecular weight excluding hydrogens is 365 g/mol. The molecule has 2 aromatic carbocycles. The van der Waals surface area contributed by atoms with Gasteiger partial charge in [-0.05, 0) is 24.3 Å².